The van der Waals surface area contributed by atoms with Gasteiger partial charge in [0.25, 0.3) is 0 Å². The molecule has 0 rings (SSSR count). The molecule has 0 fully saturated rings. The lowest BCUT2D eigenvalue weighted by molar-refractivity contribution is 0.322. The third-order valence-electron chi connectivity index (χ3n) is 2.30. The smallest absolute Gasteiger partial charge is 0.00736 e. The van der Waals surface area contributed by atoms with Crippen LogP contribution in [-0.2, 0) is 0 Å². The fraction of sp³-hybridized carbons (Fsp3) is 0.714. The molecule has 1 unspecified atom stereocenters. The Morgan fingerprint density at radius 1 is 1.31 bits per heavy atom. The highest BCUT2D eigenvalue weighted by Crippen LogP contribution is 1.97. The first-order valence-corrected chi connectivity index (χ1v) is 6.08. The van der Waals surface area contributed by atoms with Crippen LogP contribution in [0.25, 0.3) is 0 Å². The maximum Gasteiger partial charge on any atom is 0.00736 e. The summed E-state index contributed by atoms with van der Waals surface area (Å²) in [7, 11) is 4.21. The van der Waals surface area contributed by atoms with Gasteiger partial charge in [-0.2, -0.15) is 0 Å². The highest BCUT2D eigenvalue weighted by atomic mass is 15.1. The van der Waals surface area contributed by atoms with Crippen LogP contribution in [0.1, 0.15) is 33.6 Å². The third kappa shape index (κ3) is 19.0. The molecule has 0 aromatic carbocycles. The largest absolute Gasteiger partial charge is 0.317 e. The second-order valence-corrected chi connectivity index (χ2v) is 3.49. The number of hydrogen-bond acceptors (Lipinski definition) is 2. The molecule has 16 heavy (non-hydrogen) atoms. The Labute approximate surface area is 103 Å². The Kier molecular flexibility index (Phi) is 25.8. The molecule has 98 valence electrons. The van der Waals surface area contributed by atoms with Crippen LogP contribution in [0.5, 0.6) is 0 Å². The molecule has 2 nitrogen and oxygen atoms in total. The van der Waals surface area contributed by atoms with E-state index in [1.807, 2.05) is 14.0 Å². The van der Waals surface area contributed by atoms with Crippen molar-refractivity contribution in [3.05, 3.63) is 25.8 Å². The molecule has 0 radical (unpaired) electrons. The first-order valence-electron chi connectivity index (χ1n) is 6.08. The first-order chi connectivity index (χ1) is 7.65. The van der Waals surface area contributed by atoms with E-state index in [1.54, 1.807) is 6.08 Å². The van der Waals surface area contributed by atoms with Crippen LogP contribution >= 0.6 is 0 Å². The summed E-state index contributed by atoms with van der Waals surface area (Å²) in [5.41, 5.74) is 0. The minimum absolute atomic E-state index is 0.698. The van der Waals surface area contributed by atoms with Crippen molar-refractivity contribution in [1.82, 2.24) is 10.2 Å². The molecule has 0 aliphatic carbocycles. The number of nitrogens with one attached hydrogen (secondary N) is 1. The maximum absolute atomic E-state index is 3.36. The van der Waals surface area contributed by atoms with E-state index in [-0.39, 0.29) is 0 Å². The van der Waals surface area contributed by atoms with Gasteiger partial charge in [-0.15, -0.1) is 19.7 Å². The number of hydrogen-bond donors (Lipinski definition) is 1. The zero-order valence-electron chi connectivity index (χ0n) is 12.1. The summed E-state index contributed by atoms with van der Waals surface area (Å²) in [6.07, 6.45) is 4.24. The molecular formula is C14H32N2. The minimum atomic E-state index is 0.698. The standard InChI is InChI=1S/C9H22N2.C3H6.C2H4/c1-5-9(10-3)7-8-11(4)6-2;1-3-2;1-2/h9-10H,5-8H2,1-4H3;3H,1H2,2H3;1-2H2. The number of nitrogens with zero attached hydrogens (tertiary/aromatic N) is 1. The first kappa shape index (κ1) is 20.8. The van der Waals surface area contributed by atoms with Crippen molar-refractivity contribution in [2.75, 3.05) is 27.2 Å². The van der Waals surface area contributed by atoms with Crippen molar-refractivity contribution in [1.29, 1.82) is 0 Å². The van der Waals surface area contributed by atoms with E-state index in [9.17, 15) is 0 Å². The van der Waals surface area contributed by atoms with Crippen molar-refractivity contribution in [2.45, 2.75) is 39.7 Å². The lowest BCUT2D eigenvalue weighted by Gasteiger charge is -2.18. The van der Waals surface area contributed by atoms with Crippen LogP contribution in [0.4, 0.5) is 0 Å². The highest BCUT2D eigenvalue weighted by molar-refractivity contribution is 4.63. The van der Waals surface area contributed by atoms with Crippen LogP contribution in [-0.4, -0.2) is 38.1 Å². The number of rotatable bonds is 6. The van der Waals surface area contributed by atoms with Crippen LogP contribution in [0.15, 0.2) is 25.8 Å². The van der Waals surface area contributed by atoms with Crippen molar-refractivity contribution in [3.63, 3.8) is 0 Å². The van der Waals surface area contributed by atoms with Crippen molar-refractivity contribution >= 4 is 0 Å². The normalized spacial score (nSPS) is 10.6. The van der Waals surface area contributed by atoms with Crippen LogP contribution < -0.4 is 5.32 Å². The molecule has 0 aliphatic rings. The average molecular weight is 228 g/mol. The van der Waals surface area contributed by atoms with Gasteiger partial charge in [-0.05, 0) is 47.0 Å². The second-order valence-electron chi connectivity index (χ2n) is 3.49. The summed E-state index contributed by atoms with van der Waals surface area (Å²) in [5, 5.41) is 3.30. The van der Waals surface area contributed by atoms with Crippen LogP contribution in [0, 0.1) is 0 Å². The van der Waals surface area contributed by atoms with Gasteiger partial charge >= 0.3 is 0 Å². The monoisotopic (exact) mass is 228 g/mol. The van der Waals surface area contributed by atoms with E-state index in [4.69, 9.17) is 0 Å². The van der Waals surface area contributed by atoms with Gasteiger partial charge in [0.2, 0.25) is 0 Å². The van der Waals surface area contributed by atoms with E-state index in [1.165, 1.54) is 19.4 Å². The average Bonchev–Trinajstić information content (AvgIpc) is 2.33. The highest BCUT2D eigenvalue weighted by Gasteiger charge is 2.03. The molecule has 1 N–H and O–H groups in total. The lowest BCUT2D eigenvalue weighted by Crippen LogP contribution is -2.30. The molecule has 0 amide bonds. The molecule has 0 heterocycles. The van der Waals surface area contributed by atoms with Gasteiger partial charge in [0.05, 0.1) is 0 Å². The van der Waals surface area contributed by atoms with Gasteiger partial charge in [-0.25, -0.2) is 0 Å². The maximum atomic E-state index is 3.36. The molecule has 0 saturated heterocycles. The minimum Gasteiger partial charge on any atom is -0.317 e. The topological polar surface area (TPSA) is 15.3 Å². The molecular weight excluding hydrogens is 196 g/mol. The summed E-state index contributed by atoms with van der Waals surface area (Å²) in [4.78, 5) is 2.35. The van der Waals surface area contributed by atoms with Crippen LogP contribution in [0.3, 0.4) is 0 Å². The van der Waals surface area contributed by atoms with Gasteiger partial charge in [-0.1, -0.05) is 19.9 Å². The molecule has 0 aliphatic heterocycles. The summed E-state index contributed by atoms with van der Waals surface area (Å²) in [5.74, 6) is 0. The SMILES string of the molecule is C=C.C=CC.CCC(CCN(C)CC)NC. The van der Waals surface area contributed by atoms with Crippen molar-refractivity contribution < 1.29 is 0 Å². The fourth-order valence-electron chi connectivity index (χ4n) is 1.09. The Bertz CT molecular complexity index is 120. The summed E-state index contributed by atoms with van der Waals surface area (Å²) in [6.45, 7) is 18.0. The molecule has 0 bridgehead atoms. The van der Waals surface area contributed by atoms with Gasteiger partial charge < -0.3 is 10.2 Å². The number of allylic oxidation sites excluding steroid dienone is 1. The third-order valence-corrected chi connectivity index (χ3v) is 2.30. The summed E-state index contributed by atoms with van der Waals surface area (Å²) >= 11 is 0. The molecule has 0 spiro atoms. The Morgan fingerprint density at radius 3 is 2.00 bits per heavy atom. The zero-order valence-corrected chi connectivity index (χ0v) is 12.1. The second kappa shape index (κ2) is 19.9. The molecule has 0 aromatic heterocycles. The van der Waals surface area contributed by atoms with E-state index in [0.29, 0.717) is 6.04 Å². The van der Waals surface area contributed by atoms with Crippen molar-refractivity contribution in [3.8, 4) is 0 Å². The van der Waals surface area contributed by atoms with E-state index in [0.717, 1.165) is 6.54 Å². The van der Waals surface area contributed by atoms with E-state index in [2.05, 4.69) is 50.8 Å². The lowest BCUT2D eigenvalue weighted by atomic mass is 10.1. The Morgan fingerprint density at radius 2 is 1.75 bits per heavy atom. The molecule has 1 atom stereocenters. The van der Waals surface area contributed by atoms with Gasteiger partial charge in [0.15, 0.2) is 0 Å². The van der Waals surface area contributed by atoms with E-state index < -0.39 is 0 Å². The van der Waals surface area contributed by atoms with Crippen LogP contribution in [0.2, 0.25) is 0 Å². The predicted octanol–water partition coefficient (Wildman–Crippen LogP) is 3.32. The zero-order chi connectivity index (χ0) is 13.4. The Hall–Kier alpha value is -0.600. The van der Waals surface area contributed by atoms with Gasteiger partial charge in [0, 0.05) is 6.04 Å². The Balaban J connectivity index is -0.000000289. The quantitative estimate of drug-likeness (QED) is 0.702. The van der Waals surface area contributed by atoms with Crippen molar-refractivity contribution in [2.24, 2.45) is 0 Å². The molecule has 2 heteroatoms. The van der Waals surface area contributed by atoms with Gasteiger partial charge in [-0.3, -0.25) is 0 Å². The molecule has 0 saturated carbocycles. The molecule has 0 aromatic rings. The fourth-order valence-corrected chi connectivity index (χ4v) is 1.09. The summed E-state index contributed by atoms with van der Waals surface area (Å²) in [6, 6.07) is 0.698. The van der Waals surface area contributed by atoms with Gasteiger partial charge in [0.1, 0.15) is 0 Å². The summed E-state index contributed by atoms with van der Waals surface area (Å²) < 4.78 is 0. The van der Waals surface area contributed by atoms with E-state index >= 15 is 0 Å². The predicted molar refractivity (Wildman–Crippen MR) is 78.1 cm³/mol.